The van der Waals surface area contributed by atoms with E-state index in [0.717, 1.165) is 5.75 Å². The van der Waals surface area contributed by atoms with E-state index in [1.807, 2.05) is 37.3 Å². The second-order valence-corrected chi connectivity index (χ2v) is 4.29. The third kappa shape index (κ3) is 8.87. The Morgan fingerprint density at radius 2 is 1.85 bits per heavy atom. The number of hydrogen-bond acceptors (Lipinski definition) is 5. The van der Waals surface area contributed by atoms with E-state index in [9.17, 15) is 5.11 Å². The van der Waals surface area contributed by atoms with Crippen molar-refractivity contribution in [1.82, 2.24) is 5.32 Å². The molecule has 1 unspecified atom stereocenters. The largest absolute Gasteiger partial charge is 0.492 e. The molecule has 5 nitrogen and oxygen atoms in total. The lowest BCUT2D eigenvalue weighted by molar-refractivity contribution is 0.00639. The van der Waals surface area contributed by atoms with Crippen LogP contribution in [0.3, 0.4) is 0 Å². The summed E-state index contributed by atoms with van der Waals surface area (Å²) in [6, 6.07) is 9.66. The van der Waals surface area contributed by atoms with Crippen molar-refractivity contribution in [2.45, 2.75) is 13.0 Å². The first kappa shape index (κ1) is 16.9. The highest BCUT2D eigenvalue weighted by atomic mass is 16.5. The molecule has 0 aliphatic rings. The SMILES string of the molecule is CCOCCOCC(O)CNCCOc1ccccc1. The lowest BCUT2D eigenvalue weighted by Crippen LogP contribution is -2.33. The summed E-state index contributed by atoms with van der Waals surface area (Å²) in [4.78, 5) is 0. The Morgan fingerprint density at radius 3 is 2.60 bits per heavy atom. The maximum Gasteiger partial charge on any atom is 0.119 e. The quantitative estimate of drug-likeness (QED) is 0.562. The summed E-state index contributed by atoms with van der Waals surface area (Å²) >= 11 is 0. The van der Waals surface area contributed by atoms with Crippen LogP contribution in [0.1, 0.15) is 6.92 Å². The average Bonchev–Trinajstić information content (AvgIpc) is 2.48. The van der Waals surface area contributed by atoms with Crippen molar-refractivity contribution in [3.05, 3.63) is 30.3 Å². The topological polar surface area (TPSA) is 60.0 Å². The Balaban J connectivity index is 1.90. The van der Waals surface area contributed by atoms with Gasteiger partial charge in [0, 0.05) is 19.7 Å². The van der Waals surface area contributed by atoms with Crippen LogP contribution in [-0.2, 0) is 9.47 Å². The second kappa shape index (κ2) is 11.7. The fraction of sp³-hybridized carbons (Fsp3) is 0.600. The third-order valence-electron chi connectivity index (χ3n) is 2.56. The van der Waals surface area contributed by atoms with Crippen LogP contribution < -0.4 is 10.1 Å². The summed E-state index contributed by atoms with van der Waals surface area (Å²) in [5.74, 6) is 0.856. The van der Waals surface area contributed by atoms with E-state index in [1.54, 1.807) is 0 Å². The van der Waals surface area contributed by atoms with Crippen LogP contribution in [0.2, 0.25) is 0 Å². The predicted molar refractivity (Wildman–Crippen MR) is 78.1 cm³/mol. The van der Waals surface area contributed by atoms with Gasteiger partial charge in [0.2, 0.25) is 0 Å². The van der Waals surface area contributed by atoms with Gasteiger partial charge in [0.15, 0.2) is 0 Å². The predicted octanol–water partition coefficient (Wildman–Crippen LogP) is 1.07. The number of para-hydroxylation sites is 1. The van der Waals surface area contributed by atoms with Gasteiger partial charge in [-0.05, 0) is 19.1 Å². The van der Waals surface area contributed by atoms with E-state index in [0.29, 0.717) is 46.1 Å². The van der Waals surface area contributed by atoms with Crippen molar-refractivity contribution in [1.29, 1.82) is 0 Å². The maximum absolute atomic E-state index is 9.65. The van der Waals surface area contributed by atoms with Crippen molar-refractivity contribution < 1.29 is 19.3 Å². The molecule has 5 heteroatoms. The number of hydrogen-bond donors (Lipinski definition) is 2. The average molecular weight is 283 g/mol. The molecule has 2 N–H and O–H groups in total. The molecule has 114 valence electrons. The lowest BCUT2D eigenvalue weighted by Gasteiger charge is -2.12. The molecule has 0 aliphatic heterocycles. The standard InChI is InChI=1S/C15H25NO4/c1-2-18-10-11-19-13-14(17)12-16-8-9-20-15-6-4-3-5-7-15/h3-7,14,16-17H,2,8-13H2,1H3. The molecule has 20 heavy (non-hydrogen) atoms. The van der Waals surface area contributed by atoms with Gasteiger partial charge >= 0.3 is 0 Å². The highest BCUT2D eigenvalue weighted by Crippen LogP contribution is 2.07. The summed E-state index contributed by atoms with van der Waals surface area (Å²) < 4.78 is 15.9. The highest BCUT2D eigenvalue weighted by molar-refractivity contribution is 5.20. The molecular weight excluding hydrogens is 258 g/mol. The molecule has 0 heterocycles. The van der Waals surface area contributed by atoms with Gasteiger partial charge in [0.05, 0.1) is 25.9 Å². The molecule has 0 fully saturated rings. The van der Waals surface area contributed by atoms with Crippen LogP contribution in [0.5, 0.6) is 5.75 Å². The van der Waals surface area contributed by atoms with E-state index in [-0.39, 0.29) is 0 Å². The molecule has 0 radical (unpaired) electrons. The Labute approximate surface area is 120 Å². The van der Waals surface area contributed by atoms with Gasteiger partial charge in [-0.25, -0.2) is 0 Å². The molecule has 1 atom stereocenters. The first-order valence-electron chi connectivity index (χ1n) is 7.05. The number of ether oxygens (including phenoxy) is 3. The van der Waals surface area contributed by atoms with Gasteiger partial charge in [0.25, 0.3) is 0 Å². The molecule has 0 spiro atoms. The Hall–Kier alpha value is -1.14. The molecule has 1 aromatic rings. The van der Waals surface area contributed by atoms with Gasteiger partial charge in [-0.2, -0.15) is 0 Å². The van der Waals surface area contributed by atoms with Crippen molar-refractivity contribution >= 4 is 0 Å². The molecule has 0 amide bonds. The molecule has 0 aromatic heterocycles. The molecule has 1 aromatic carbocycles. The van der Waals surface area contributed by atoms with Crippen LogP contribution in [0.15, 0.2) is 30.3 Å². The Kier molecular flexibility index (Phi) is 9.87. The van der Waals surface area contributed by atoms with Crippen LogP contribution in [-0.4, -0.2) is 57.3 Å². The minimum absolute atomic E-state index is 0.319. The number of aliphatic hydroxyl groups excluding tert-OH is 1. The zero-order valence-corrected chi connectivity index (χ0v) is 12.1. The monoisotopic (exact) mass is 283 g/mol. The molecule has 0 saturated heterocycles. The van der Waals surface area contributed by atoms with Gasteiger partial charge in [-0.1, -0.05) is 18.2 Å². The molecule has 0 aliphatic carbocycles. The summed E-state index contributed by atoms with van der Waals surface area (Å²) in [6.07, 6.45) is -0.506. The maximum atomic E-state index is 9.65. The number of nitrogens with one attached hydrogen (secondary N) is 1. The van der Waals surface area contributed by atoms with Crippen molar-refractivity contribution in [2.24, 2.45) is 0 Å². The lowest BCUT2D eigenvalue weighted by atomic mass is 10.3. The minimum Gasteiger partial charge on any atom is -0.492 e. The number of aliphatic hydroxyl groups is 1. The van der Waals surface area contributed by atoms with Crippen LogP contribution in [0.4, 0.5) is 0 Å². The minimum atomic E-state index is -0.506. The van der Waals surface area contributed by atoms with Crippen LogP contribution in [0.25, 0.3) is 0 Å². The van der Waals surface area contributed by atoms with Gasteiger partial charge in [-0.3, -0.25) is 0 Å². The van der Waals surface area contributed by atoms with Crippen LogP contribution >= 0.6 is 0 Å². The fourth-order valence-corrected chi connectivity index (χ4v) is 1.57. The first-order valence-corrected chi connectivity index (χ1v) is 7.05. The first-order chi connectivity index (χ1) is 9.83. The van der Waals surface area contributed by atoms with Crippen molar-refractivity contribution in [3.8, 4) is 5.75 Å². The third-order valence-corrected chi connectivity index (χ3v) is 2.56. The highest BCUT2D eigenvalue weighted by Gasteiger charge is 2.03. The molecule has 0 bridgehead atoms. The van der Waals surface area contributed by atoms with Gasteiger partial charge in [0.1, 0.15) is 12.4 Å². The summed E-state index contributed by atoms with van der Waals surface area (Å²) in [5.41, 5.74) is 0. The fourth-order valence-electron chi connectivity index (χ4n) is 1.57. The van der Waals surface area contributed by atoms with E-state index >= 15 is 0 Å². The summed E-state index contributed by atoms with van der Waals surface area (Å²) in [6.45, 7) is 5.79. The second-order valence-electron chi connectivity index (χ2n) is 4.29. The zero-order valence-electron chi connectivity index (χ0n) is 12.1. The van der Waals surface area contributed by atoms with E-state index in [4.69, 9.17) is 14.2 Å². The number of rotatable bonds is 12. The smallest absolute Gasteiger partial charge is 0.119 e. The Morgan fingerprint density at radius 1 is 1.10 bits per heavy atom. The normalized spacial score (nSPS) is 12.3. The Bertz CT molecular complexity index is 321. The van der Waals surface area contributed by atoms with E-state index < -0.39 is 6.10 Å². The van der Waals surface area contributed by atoms with Crippen molar-refractivity contribution in [3.63, 3.8) is 0 Å². The summed E-state index contributed by atoms with van der Waals surface area (Å²) in [5, 5.41) is 12.8. The number of benzene rings is 1. The van der Waals surface area contributed by atoms with E-state index in [2.05, 4.69) is 5.32 Å². The van der Waals surface area contributed by atoms with E-state index in [1.165, 1.54) is 0 Å². The van der Waals surface area contributed by atoms with Gasteiger partial charge in [-0.15, -0.1) is 0 Å². The van der Waals surface area contributed by atoms with Gasteiger partial charge < -0.3 is 24.6 Å². The zero-order chi connectivity index (χ0) is 14.5. The molecular formula is C15H25NO4. The van der Waals surface area contributed by atoms with Crippen LogP contribution in [0, 0.1) is 0 Å². The molecule has 0 saturated carbocycles. The summed E-state index contributed by atoms with van der Waals surface area (Å²) in [7, 11) is 0. The molecule has 1 rings (SSSR count). The van der Waals surface area contributed by atoms with Crippen molar-refractivity contribution in [2.75, 3.05) is 46.1 Å².